The third-order valence-electron chi connectivity index (χ3n) is 2.28. The summed E-state index contributed by atoms with van der Waals surface area (Å²) in [6, 6.07) is 3.40. The molecule has 1 N–H and O–H groups in total. The van der Waals surface area contributed by atoms with Crippen LogP contribution in [0.25, 0.3) is 0 Å². The quantitative estimate of drug-likeness (QED) is 0.927. The van der Waals surface area contributed by atoms with E-state index in [2.05, 4.69) is 4.72 Å². The highest BCUT2D eigenvalue weighted by molar-refractivity contribution is 7.90. The number of sulfonamides is 1. The Labute approximate surface area is 110 Å². The number of amides is 1. The van der Waals surface area contributed by atoms with Crippen molar-refractivity contribution in [1.29, 1.82) is 0 Å². The lowest BCUT2D eigenvalue weighted by Crippen LogP contribution is -2.37. The molecule has 0 unspecified atom stereocenters. The maximum Gasteiger partial charge on any atom is 0.241 e. The molecule has 0 aliphatic rings. The number of rotatable bonds is 4. The van der Waals surface area contributed by atoms with Crippen molar-refractivity contribution in [2.45, 2.75) is 31.9 Å². The van der Waals surface area contributed by atoms with E-state index < -0.39 is 27.1 Å². The Balaban J connectivity index is 2.79. The summed E-state index contributed by atoms with van der Waals surface area (Å²) in [5.41, 5.74) is 0. The predicted molar refractivity (Wildman–Crippen MR) is 69.9 cm³/mol. The smallest absolute Gasteiger partial charge is 0.241 e. The molecule has 7 heteroatoms. The van der Waals surface area contributed by atoms with Crippen LogP contribution in [-0.4, -0.2) is 19.6 Å². The monoisotopic (exact) mass is 295 g/mol. The zero-order valence-electron chi connectivity index (χ0n) is 9.73. The van der Waals surface area contributed by atoms with E-state index in [9.17, 15) is 13.2 Å². The van der Waals surface area contributed by atoms with Gasteiger partial charge in [0, 0.05) is 4.88 Å². The van der Waals surface area contributed by atoms with Crippen LogP contribution < -0.4 is 4.72 Å². The summed E-state index contributed by atoms with van der Waals surface area (Å²) in [4.78, 5) is 12.5. The van der Waals surface area contributed by atoms with Crippen LogP contribution in [0.3, 0.4) is 0 Å². The molecule has 0 spiro atoms. The molecule has 1 amide bonds. The van der Waals surface area contributed by atoms with Crippen LogP contribution in [0.15, 0.2) is 12.1 Å². The van der Waals surface area contributed by atoms with Crippen LogP contribution in [0.1, 0.15) is 31.6 Å². The molecule has 0 radical (unpaired) electrons. The van der Waals surface area contributed by atoms with Gasteiger partial charge in [-0.25, -0.2) is 8.42 Å². The number of hydrogen-bond donors (Lipinski definition) is 1. The zero-order valence-corrected chi connectivity index (χ0v) is 12.1. The Morgan fingerprint density at radius 2 is 1.94 bits per heavy atom. The van der Waals surface area contributed by atoms with E-state index in [1.54, 1.807) is 19.1 Å². The van der Waals surface area contributed by atoms with E-state index in [1.165, 1.54) is 25.2 Å². The van der Waals surface area contributed by atoms with Gasteiger partial charge in [-0.15, -0.1) is 11.3 Å². The van der Waals surface area contributed by atoms with Crippen molar-refractivity contribution in [3.8, 4) is 0 Å². The zero-order chi connectivity index (χ0) is 13.2. The molecule has 1 rings (SSSR count). The van der Waals surface area contributed by atoms with Gasteiger partial charge in [0.2, 0.25) is 15.9 Å². The Morgan fingerprint density at radius 3 is 2.35 bits per heavy atom. The highest BCUT2D eigenvalue weighted by atomic mass is 35.5. The first-order valence-corrected chi connectivity index (χ1v) is 7.79. The van der Waals surface area contributed by atoms with Crippen LogP contribution in [0.4, 0.5) is 0 Å². The minimum Gasteiger partial charge on any atom is -0.273 e. The average Bonchev–Trinajstić information content (AvgIpc) is 2.62. The second-order valence-electron chi connectivity index (χ2n) is 3.92. The fourth-order valence-corrected chi connectivity index (χ4v) is 2.84. The van der Waals surface area contributed by atoms with Crippen LogP contribution in [-0.2, 0) is 14.8 Å². The van der Waals surface area contributed by atoms with E-state index in [-0.39, 0.29) is 0 Å². The number of halogens is 1. The van der Waals surface area contributed by atoms with Gasteiger partial charge in [0.15, 0.2) is 0 Å². The minimum absolute atomic E-state index is 0.527. The molecule has 1 aromatic rings. The molecule has 0 aromatic carbocycles. The summed E-state index contributed by atoms with van der Waals surface area (Å²) in [6.07, 6.45) is 0. The largest absolute Gasteiger partial charge is 0.273 e. The first-order chi connectivity index (χ1) is 7.74. The van der Waals surface area contributed by atoms with Crippen molar-refractivity contribution in [2.75, 3.05) is 0 Å². The molecule has 1 heterocycles. The van der Waals surface area contributed by atoms with Crippen LogP contribution in [0.2, 0.25) is 4.34 Å². The minimum atomic E-state index is -3.57. The van der Waals surface area contributed by atoms with Crippen LogP contribution in [0.5, 0.6) is 0 Å². The number of hydrogen-bond acceptors (Lipinski definition) is 4. The lowest BCUT2D eigenvalue weighted by Gasteiger charge is -2.13. The molecule has 0 aliphatic carbocycles. The Bertz CT molecular complexity index is 507. The summed E-state index contributed by atoms with van der Waals surface area (Å²) in [7, 11) is -3.57. The van der Waals surface area contributed by atoms with Gasteiger partial charge in [0.1, 0.15) is 0 Å². The molecule has 0 saturated carbocycles. The highest BCUT2D eigenvalue weighted by Gasteiger charge is 2.24. The molecule has 17 heavy (non-hydrogen) atoms. The fraction of sp³-hybridized carbons (Fsp3) is 0.500. The first-order valence-electron chi connectivity index (χ1n) is 5.04. The molecular formula is C10H14ClNO3S2. The van der Waals surface area contributed by atoms with Crippen molar-refractivity contribution in [3.63, 3.8) is 0 Å². The number of carbonyl (C=O) groups is 1. The van der Waals surface area contributed by atoms with E-state index in [0.29, 0.717) is 4.34 Å². The number of thiophene rings is 1. The summed E-state index contributed by atoms with van der Waals surface area (Å²) < 4.78 is 25.7. The molecule has 1 atom stereocenters. The molecule has 4 nitrogen and oxygen atoms in total. The third-order valence-corrected chi connectivity index (χ3v) is 5.42. The van der Waals surface area contributed by atoms with E-state index >= 15 is 0 Å². The number of carbonyl (C=O) groups excluding carboxylic acids is 1. The van der Waals surface area contributed by atoms with Crippen LogP contribution >= 0.6 is 22.9 Å². The molecule has 0 fully saturated rings. The van der Waals surface area contributed by atoms with E-state index in [4.69, 9.17) is 11.6 Å². The van der Waals surface area contributed by atoms with Gasteiger partial charge in [-0.05, 0) is 32.9 Å². The molecule has 0 bridgehead atoms. The Hall–Kier alpha value is -0.590. The average molecular weight is 296 g/mol. The second-order valence-corrected chi connectivity index (χ2v) is 7.91. The highest BCUT2D eigenvalue weighted by Crippen LogP contribution is 2.28. The Morgan fingerprint density at radius 1 is 1.35 bits per heavy atom. The molecule has 1 aromatic heterocycles. The van der Waals surface area contributed by atoms with E-state index in [1.807, 2.05) is 0 Å². The summed E-state index contributed by atoms with van der Waals surface area (Å²) in [5, 5.41) is -0.634. The van der Waals surface area contributed by atoms with E-state index in [0.717, 1.165) is 4.88 Å². The lowest BCUT2D eigenvalue weighted by molar-refractivity contribution is -0.120. The lowest BCUT2D eigenvalue weighted by atomic mass is 10.1. The summed E-state index contributed by atoms with van der Waals surface area (Å²) >= 11 is 7.03. The van der Waals surface area contributed by atoms with Gasteiger partial charge in [-0.2, -0.15) is 0 Å². The van der Waals surface area contributed by atoms with Crippen molar-refractivity contribution in [1.82, 2.24) is 4.72 Å². The maximum absolute atomic E-state index is 11.7. The van der Waals surface area contributed by atoms with Gasteiger partial charge in [0.05, 0.1) is 15.5 Å². The summed E-state index contributed by atoms with van der Waals surface area (Å²) in [6.45, 7) is 4.68. The molecule has 96 valence electrons. The van der Waals surface area contributed by atoms with Crippen molar-refractivity contribution in [3.05, 3.63) is 21.3 Å². The third kappa shape index (κ3) is 3.69. The molecule has 0 saturated heterocycles. The van der Waals surface area contributed by atoms with Crippen LogP contribution in [0, 0.1) is 0 Å². The van der Waals surface area contributed by atoms with Crippen molar-refractivity contribution < 1.29 is 13.2 Å². The fourth-order valence-electron chi connectivity index (χ4n) is 1.04. The summed E-state index contributed by atoms with van der Waals surface area (Å²) in [5.74, 6) is -1.06. The molecule has 0 aliphatic heterocycles. The first kappa shape index (κ1) is 14.5. The normalized spacial score (nSPS) is 13.7. The topological polar surface area (TPSA) is 63.2 Å². The van der Waals surface area contributed by atoms with Gasteiger partial charge in [-0.1, -0.05) is 11.6 Å². The van der Waals surface area contributed by atoms with Crippen molar-refractivity contribution in [2.24, 2.45) is 0 Å². The van der Waals surface area contributed by atoms with Gasteiger partial charge < -0.3 is 0 Å². The molecular weight excluding hydrogens is 282 g/mol. The van der Waals surface area contributed by atoms with Crippen molar-refractivity contribution >= 4 is 38.9 Å². The standard InChI is InChI=1S/C10H14ClNO3S2/c1-6(2)17(14,15)12-10(13)7(3)8-4-5-9(11)16-8/h4-7H,1-3H3,(H,12,13)/t7-/m0/s1. The van der Waals surface area contributed by atoms with Gasteiger partial charge in [0.25, 0.3) is 0 Å². The Kier molecular flexibility index (Phi) is 4.57. The predicted octanol–water partition coefficient (Wildman–Crippen LogP) is 2.36. The van der Waals surface area contributed by atoms with Gasteiger partial charge in [-0.3, -0.25) is 9.52 Å². The maximum atomic E-state index is 11.7. The van der Waals surface area contributed by atoms with Gasteiger partial charge >= 0.3 is 0 Å². The second kappa shape index (κ2) is 5.37. The SMILES string of the molecule is CC(C)S(=O)(=O)NC(=O)[C@@H](C)c1ccc(Cl)s1. The number of nitrogens with one attached hydrogen (secondary N) is 1.